The minimum absolute atomic E-state index is 0.684. The molecule has 1 rings (SSSR count). The molecule has 0 amide bonds. The number of nitrogens with two attached hydrogens (primary N) is 1. The van der Waals surface area contributed by atoms with Gasteiger partial charge in [-0.2, -0.15) is 0 Å². The fraction of sp³-hybridized carbons (Fsp3) is 0.600. The molecule has 0 spiro atoms. The third kappa shape index (κ3) is 5.51. The van der Waals surface area contributed by atoms with Gasteiger partial charge in [0.1, 0.15) is 0 Å². The van der Waals surface area contributed by atoms with Gasteiger partial charge in [0, 0.05) is 17.6 Å². The Labute approximate surface area is 120 Å². The molecular formula is C15H25BrN2. The fourth-order valence-corrected chi connectivity index (χ4v) is 2.63. The molecule has 1 atom stereocenters. The van der Waals surface area contributed by atoms with Crippen molar-refractivity contribution in [2.75, 3.05) is 26.7 Å². The van der Waals surface area contributed by atoms with Gasteiger partial charge in [0.25, 0.3) is 0 Å². The molecule has 0 aromatic heterocycles. The van der Waals surface area contributed by atoms with E-state index in [0.29, 0.717) is 5.92 Å². The summed E-state index contributed by atoms with van der Waals surface area (Å²) in [6, 6.07) is 6.51. The van der Waals surface area contributed by atoms with Crippen LogP contribution in [0.2, 0.25) is 0 Å². The summed E-state index contributed by atoms with van der Waals surface area (Å²) in [5.74, 6) is 0.684. The summed E-state index contributed by atoms with van der Waals surface area (Å²) in [6.45, 7) is 7.47. The van der Waals surface area contributed by atoms with Gasteiger partial charge in [0.15, 0.2) is 0 Å². The molecule has 1 aromatic carbocycles. The molecule has 2 nitrogen and oxygen atoms in total. The zero-order valence-electron chi connectivity index (χ0n) is 11.7. The van der Waals surface area contributed by atoms with Crippen LogP contribution in [0.15, 0.2) is 22.7 Å². The van der Waals surface area contributed by atoms with Crippen molar-refractivity contribution in [1.29, 1.82) is 0 Å². The van der Waals surface area contributed by atoms with Crippen LogP contribution in [0, 0.1) is 12.8 Å². The SMILES string of the molecule is Cc1ccc(Br)cc1CCN(C)CC(C)CCN. The van der Waals surface area contributed by atoms with Crippen molar-refractivity contribution in [3.05, 3.63) is 33.8 Å². The maximum Gasteiger partial charge on any atom is 0.0178 e. The Bertz CT molecular complexity index is 366. The van der Waals surface area contributed by atoms with Crippen molar-refractivity contribution in [3.8, 4) is 0 Å². The highest BCUT2D eigenvalue weighted by atomic mass is 79.9. The molecule has 1 unspecified atom stereocenters. The normalized spacial score (nSPS) is 13.0. The van der Waals surface area contributed by atoms with Crippen LogP contribution < -0.4 is 5.73 Å². The van der Waals surface area contributed by atoms with E-state index in [9.17, 15) is 0 Å². The van der Waals surface area contributed by atoms with E-state index in [1.807, 2.05) is 0 Å². The molecule has 0 bridgehead atoms. The van der Waals surface area contributed by atoms with Crippen LogP contribution in [-0.4, -0.2) is 31.6 Å². The number of nitrogens with zero attached hydrogens (tertiary/aromatic N) is 1. The molecule has 0 aliphatic rings. The standard InChI is InChI=1S/C15H25BrN2/c1-12(6-8-17)11-18(3)9-7-14-10-15(16)5-4-13(14)2/h4-5,10,12H,6-9,11,17H2,1-3H3. The number of rotatable bonds is 7. The van der Waals surface area contributed by atoms with E-state index in [1.165, 1.54) is 15.6 Å². The first kappa shape index (κ1) is 15.7. The zero-order valence-corrected chi connectivity index (χ0v) is 13.3. The van der Waals surface area contributed by atoms with Gasteiger partial charge in [0.2, 0.25) is 0 Å². The van der Waals surface area contributed by atoms with Gasteiger partial charge >= 0.3 is 0 Å². The first-order valence-electron chi connectivity index (χ1n) is 6.66. The third-order valence-corrected chi connectivity index (χ3v) is 3.85. The summed E-state index contributed by atoms with van der Waals surface area (Å²) in [6.07, 6.45) is 2.22. The van der Waals surface area contributed by atoms with Gasteiger partial charge in [-0.1, -0.05) is 28.9 Å². The van der Waals surface area contributed by atoms with E-state index in [1.54, 1.807) is 0 Å². The topological polar surface area (TPSA) is 29.3 Å². The minimum atomic E-state index is 0.684. The molecular weight excluding hydrogens is 288 g/mol. The summed E-state index contributed by atoms with van der Waals surface area (Å²) < 4.78 is 1.17. The highest BCUT2D eigenvalue weighted by Gasteiger charge is 2.07. The molecule has 0 saturated heterocycles. The van der Waals surface area contributed by atoms with Gasteiger partial charge in [-0.3, -0.25) is 0 Å². The molecule has 0 radical (unpaired) electrons. The predicted octanol–water partition coefficient (Wildman–Crippen LogP) is 3.22. The highest BCUT2D eigenvalue weighted by Crippen LogP contribution is 2.16. The maximum atomic E-state index is 5.58. The number of halogens is 1. The smallest absolute Gasteiger partial charge is 0.0178 e. The summed E-state index contributed by atoms with van der Waals surface area (Å²) in [7, 11) is 2.19. The van der Waals surface area contributed by atoms with Crippen LogP contribution in [0.25, 0.3) is 0 Å². The Kier molecular flexibility index (Phi) is 6.90. The van der Waals surface area contributed by atoms with Crippen LogP contribution in [0.1, 0.15) is 24.5 Å². The lowest BCUT2D eigenvalue weighted by Crippen LogP contribution is -2.27. The van der Waals surface area contributed by atoms with E-state index >= 15 is 0 Å². The summed E-state index contributed by atoms with van der Waals surface area (Å²) >= 11 is 3.54. The van der Waals surface area contributed by atoms with Gasteiger partial charge in [-0.15, -0.1) is 0 Å². The van der Waals surface area contributed by atoms with E-state index in [2.05, 4.69) is 59.9 Å². The second kappa shape index (κ2) is 7.93. The molecule has 0 aliphatic carbocycles. The molecule has 0 heterocycles. The Morgan fingerprint density at radius 1 is 1.39 bits per heavy atom. The number of likely N-dealkylation sites (N-methyl/N-ethyl adjacent to an activating group) is 1. The van der Waals surface area contributed by atoms with Crippen molar-refractivity contribution in [2.45, 2.75) is 26.7 Å². The summed E-state index contributed by atoms with van der Waals surface area (Å²) in [4.78, 5) is 2.40. The molecule has 3 heteroatoms. The molecule has 2 N–H and O–H groups in total. The van der Waals surface area contributed by atoms with Gasteiger partial charge in [0.05, 0.1) is 0 Å². The molecule has 102 valence electrons. The lowest BCUT2D eigenvalue weighted by molar-refractivity contribution is 0.283. The average Bonchev–Trinajstić information content (AvgIpc) is 2.30. The summed E-state index contributed by atoms with van der Waals surface area (Å²) in [5.41, 5.74) is 8.39. The van der Waals surface area contributed by atoms with Gasteiger partial charge in [-0.05, 0) is 62.5 Å². The maximum absolute atomic E-state index is 5.58. The van der Waals surface area contributed by atoms with Crippen molar-refractivity contribution in [1.82, 2.24) is 4.90 Å². The first-order valence-corrected chi connectivity index (χ1v) is 7.46. The first-order chi connectivity index (χ1) is 8.52. The fourth-order valence-electron chi connectivity index (χ4n) is 2.22. The van der Waals surface area contributed by atoms with E-state index < -0.39 is 0 Å². The Hall–Kier alpha value is -0.380. The number of hydrogen-bond donors (Lipinski definition) is 1. The third-order valence-electron chi connectivity index (χ3n) is 3.36. The zero-order chi connectivity index (χ0) is 13.5. The van der Waals surface area contributed by atoms with E-state index in [-0.39, 0.29) is 0 Å². The van der Waals surface area contributed by atoms with Gasteiger partial charge < -0.3 is 10.6 Å². The molecule has 0 saturated carbocycles. The summed E-state index contributed by atoms with van der Waals surface area (Å²) in [5, 5.41) is 0. The lowest BCUT2D eigenvalue weighted by atomic mass is 10.0. The van der Waals surface area contributed by atoms with Crippen LogP contribution in [0.4, 0.5) is 0 Å². The second-order valence-electron chi connectivity index (χ2n) is 5.27. The van der Waals surface area contributed by atoms with E-state index in [0.717, 1.165) is 32.5 Å². The minimum Gasteiger partial charge on any atom is -0.330 e. The van der Waals surface area contributed by atoms with Crippen LogP contribution in [0.3, 0.4) is 0 Å². The molecule has 1 aromatic rings. The lowest BCUT2D eigenvalue weighted by Gasteiger charge is -2.21. The Morgan fingerprint density at radius 3 is 2.78 bits per heavy atom. The second-order valence-corrected chi connectivity index (χ2v) is 6.18. The van der Waals surface area contributed by atoms with Crippen molar-refractivity contribution < 1.29 is 0 Å². The van der Waals surface area contributed by atoms with Crippen LogP contribution in [0.5, 0.6) is 0 Å². The van der Waals surface area contributed by atoms with Crippen molar-refractivity contribution in [2.24, 2.45) is 11.7 Å². The number of aryl methyl sites for hydroxylation is 1. The number of hydrogen-bond acceptors (Lipinski definition) is 2. The Balaban J connectivity index is 2.42. The van der Waals surface area contributed by atoms with Crippen LogP contribution >= 0.6 is 15.9 Å². The van der Waals surface area contributed by atoms with Crippen molar-refractivity contribution in [3.63, 3.8) is 0 Å². The van der Waals surface area contributed by atoms with E-state index in [4.69, 9.17) is 5.73 Å². The largest absolute Gasteiger partial charge is 0.330 e. The monoisotopic (exact) mass is 312 g/mol. The van der Waals surface area contributed by atoms with Gasteiger partial charge in [-0.25, -0.2) is 0 Å². The van der Waals surface area contributed by atoms with Crippen LogP contribution in [-0.2, 0) is 6.42 Å². The molecule has 0 aliphatic heterocycles. The molecule has 0 fully saturated rings. The predicted molar refractivity (Wildman–Crippen MR) is 82.9 cm³/mol. The Morgan fingerprint density at radius 2 is 2.11 bits per heavy atom. The highest BCUT2D eigenvalue weighted by molar-refractivity contribution is 9.10. The molecule has 18 heavy (non-hydrogen) atoms. The number of benzene rings is 1. The average molecular weight is 313 g/mol. The quantitative estimate of drug-likeness (QED) is 0.837. The van der Waals surface area contributed by atoms with Crippen molar-refractivity contribution >= 4 is 15.9 Å².